The number of hydrogen-bond donors (Lipinski definition) is 1. The summed E-state index contributed by atoms with van der Waals surface area (Å²) in [6.07, 6.45) is 5.57. The lowest BCUT2D eigenvalue weighted by atomic mass is 10.1. The highest BCUT2D eigenvalue weighted by Gasteiger charge is 2.27. The number of nitrogens with one attached hydrogen (secondary N) is 1. The van der Waals surface area contributed by atoms with Crippen LogP contribution < -0.4 is 5.32 Å². The zero-order valence-corrected chi connectivity index (χ0v) is 16.3. The first-order chi connectivity index (χ1) is 12.5. The van der Waals surface area contributed by atoms with Crippen LogP contribution >= 0.6 is 0 Å². The lowest BCUT2D eigenvalue weighted by Gasteiger charge is -2.32. The largest absolute Gasteiger partial charge is 0.350 e. The summed E-state index contributed by atoms with van der Waals surface area (Å²) in [4.78, 5) is 15.0. The molecule has 0 spiro atoms. The first kappa shape index (κ1) is 19.3. The zero-order chi connectivity index (χ0) is 18.6. The molecule has 0 aromatic heterocycles. The van der Waals surface area contributed by atoms with Gasteiger partial charge in [-0.2, -0.15) is 4.31 Å². The van der Waals surface area contributed by atoms with Crippen molar-refractivity contribution in [3.05, 3.63) is 29.8 Å². The molecule has 7 heteroatoms. The van der Waals surface area contributed by atoms with E-state index in [9.17, 15) is 13.2 Å². The molecule has 1 unspecified atom stereocenters. The molecule has 0 aliphatic carbocycles. The van der Waals surface area contributed by atoms with Gasteiger partial charge in [-0.05, 0) is 70.0 Å². The molecular formula is C19H29N3O3S. The number of benzene rings is 1. The van der Waals surface area contributed by atoms with E-state index in [1.807, 2.05) is 0 Å². The molecule has 3 rings (SSSR count). The third kappa shape index (κ3) is 4.45. The zero-order valence-electron chi connectivity index (χ0n) is 15.5. The van der Waals surface area contributed by atoms with E-state index < -0.39 is 10.0 Å². The maximum Gasteiger partial charge on any atom is 0.251 e. The molecule has 1 amide bonds. The van der Waals surface area contributed by atoms with Gasteiger partial charge in [0.15, 0.2) is 0 Å². The molecule has 1 aromatic carbocycles. The van der Waals surface area contributed by atoms with Gasteiger partial charge in [-0.15, -0.1) is 0 Å². The number of sulfonamides is 1. The maximum absolute atomic E-state index is 12.5. The van der Waals surface area contributed by atoms with E-state index in [4.69, 9.17) is 0 Å². The molecule has 2 saturated heterocycles. The van der Waals surface area contributed by atoms with Crippen molar-refractivity contribution in [3.63, 3.8) is 0 Å². The molecule has 144 valence electrons. The monoisotopic (exact) mass is 379 g/mol. The third-order valence-corrected chi connectivity index (χ3v) is 7.30. The molecular weight excluding hydrogens is 350 g/mol. The summed E-state index contributed by atoms with van der Waals surface area (Å²) in [5.74, 6) is -0.154. The molecule has 1 atom stereocenters. The summed E-state index contributed by atoms with van der Waals surface area (Å²) >= 11 is 0. The Balaban J connectivity index is 1.56. The predicted octanol–water partition coefficient (Wildman–Crippen LogP) is 2.08. The minimum Gasteiger partial charge on any atom is -0.350 e. The van der Waals surface area contributed by atoms with Crippen molar-refractivity contribution in [2.45, 2.75) is 50.0 Å². The van der Waals surface area contributed by atoms with E-state index in [-0.39, 0.29) is 10.8 Å². The van der Waals surface area contributed by atoms with Gasteiger partial charge in [0.1, 0.15) is 0 Å². The number of carbonyl (C=O) groups excluding carboxylic acids is 1. The second kappa shape index (κ2) is 8.50. The van der Waals surface area contributed by atoms with E-state index in [1.54, 1.807) is 12.1 Å². The molecule has 2 aliphatic heterocycles. The molecule has 2 aliphatic rings. The number of piperidine rings is 1. The Kier molecular flexibility index (Phi) is 6.32. The molecule has 2 fully saturated rings. The van der Waals surface area contributed by atoms with Crippen molar-refractivity contribution < 1.29 is 13.2 Å². The minimum absolute atomic E-state index is 0.154. The smallest absolute Gasteiger partial charge is 0.251 e. The first-order valence-corrected chi connectivity index (χ1v) is 11.0. The number of hydrogen-bond acceptors (Lipinski definition) is 4. The van der Waals surface area contributed by atoms with Crippen LogP contribution in [0.4, 0.5) is 0 Å². The number of carbonyl (C=O) groups is 1. The normalized spacial score (nSPS) is 20.8. The first-order valence-electron chi connectivity index (χ1n) is 9.61. The average Bonchev–Trinajstić information content (AvgIpc) is 3.22. The van der Waals surface area contributed by atoms with E-state index in [0.29, 0.717) is 31.2 Å². The van der Waals surface area contributed by atoms with Crippen LogP contribution in [0.15, 0.2) is 29.2 Å². The minimum atomic E-state index is -3.43. The van der Waals surface area contributed by atoms with E-state index in [1.165, 1.54) is 35.7 Å². The Hall–Kier alpha value is -1.44. The van der Waals surface area contributed by atoms with E-state index >= 15 is 0 Å². The lowest BCUT2D eigenvalue weighted by Crippen LogP contribution is -2.44. The highest BCUT2D eigenvalue weighted by Crippen LogP contribution is 2.21. The lowest BCUT2D eigenvalue weighted by molar-refractivity contribution is 0.0930. The van der Waals surface area contributed by atoms with Crippen LogP contribution in [0, 0.1) is 0 Å². The van der Waals surface area contributed by atoms with Crippen molar-refractivity contribution in [2.75, 3.05) is 32.7 Å². The molecule has 1 N–H and O–H groups in total. The van der Waals surface area contributed by atoms with Crippen molar-refractivity contribution in [1.82, 2.24) is 14.5 Å². The van der Waals surface area contributed by atoms with Gasteiger partial charge in [0.25, 0.3) is 5.91 Å². The fraction of sp³-hybridized carbons (Fsp3) is 0.632. The van der Waals surface area contributed by atoms with Crippen molar-refractivity contribution >= 4 is 15.9 Å². The van der Waals surface area contributed by atoms with Gasteiger partial charge in [0, 0.05) is 31.2 Å². The van der Waals surface area contributed by atoms with Gasteiger partial charge in [0.2, 0.25) is 10.0 Å². The number of likely N-dealkylation sites (tertiary alicyclic amines) is 1. The van der Waals surface area contributed by atoms with E-state index in [0.717, 1.165) is 25.9 Å². The van der Waals surface area contributed by atoms with Crippen molar-refractivity contribution in [3.8, 4) is 0 Å². The maximum atomic E-state index is 12.5. The van der Waals surface area contributed by atoms with Crippen molar-refractivity contribution in [2.24, 2.45) is 0 Å². The van der Waals surface area contributed by atoms with Crippen LogP contribution in [-0.4, -0.2) is 62.3 Å². The summed E-state index contributed by atoms with van der Waals surface area (Å²) < 4.78 is 26.6. The molecule has 1 aromatic rings. The summed E-state index contributed by atoms with van der Waals surface area (Å²) in [6, 6.07) is 6.59. The van der Waals surface area contributed by atoms with Gasteiger partial charge in [-0.25, -0.2) is 8.42 Å². The Morgan fingerprint density at radius 1 is 1.00 bits per heavy atom. The number of rotatable bonds is 6. The second-order valence-corrected chi connectivity index (χ2v) is 9.23. The standard InChI is InChI=1S/C19H29N3O3S/c1-16(21-11-3-2-4-12-21)15-20-19(23)17-7-9-18(10-8-17)26(24,25)22-13-5-6-14-22/h7-10,16H,2-6,11-15H2,1H3,(H,20,23). The van der Waals surface area contributed by atoms with Gasteiger partial charge >= 0.3 is 0 Å². The Bertz CT molecular complexity index is 706. The Labute approximate surface area is 156 Å². The summed E-state index contributed by atoms with van der Waals surface area (Å²) in [7, 11) is -3.43. The molecule has 0 bridgehead atoms. The average molecular weight is 380 g/mol. The van der Waals surface area contributed by atoms with Gasteiger partial charge in [-0.3, -0.25) is 9.69 Å². The van der Waals surface area contributed by atoms with Crippen LogP contribution in [0.1, 0.15) is 49.4 Å². The fourth-order valence-corrected chi connectivity index (χ4v) is 5.20. The fourth-order valence-electron chi connectivity index (χ4n) is 3.69. The Morgan fingerprint density at radius 3 is 2.19 bits per heavy atom. The van der Waals surface area contributed by atoms with Crippen LogP contribution in [0.5, 0.6) is 0 Å². The topological polar surface area (TPSA) is 69.7 Å². The molecule has 2 heterocycles. The number of nitrogens with zero attached hydrogens (tertiary/aromatic N) is 2. The Morgan fingerprint density at radius 2 is 1.58 bits per heavy atom. The quantitative estimate of drug-likeness (QED) is 0.822. The van der Waals surface area contributed by atoms with Crippen molar-refractivity contribution in [1.29, 1.82) is 0 Å². The van der Waals surface area contributed by atoms with Crippen LogP contribution in [0.2, 0.25) is 0 Å². The second-order valence-electron chi connectivity index (χ2n) is 7.29. The number of amides is 1. The van der Waals surface area contributed by atoms with Crippen LogP contribution in [-0.2, 0) is 10.0 Å². The summed E-state index contributed by atoms with van der Waals surface area (Å²) in [5.41, 5.74) is 0.496. The molecule has 6 nitrogen and oxygen atoms in total. The molecule has 0 saturated carbocycles. The van der Waals surface area contributed by atoms with Gasteiger partial charge in [0.05, 0.1) is 4.90 Å². The molecule has 0 radical (unpaired) electrons. The third-order valence-electron chi connectivity index (χ3n) is 5.39. The van der Waals surface area contributed by atoms with Gasteiger partial charge in [-0.1, -0.05) is 6.42 Å². The predicted molar refractivity (Wildman–Crippen MR) is 102 cm³/mol. The SMILES string of the molecule is CC(CNC(=O)c1ccc(S(=O)(=O)N2CCCC2)cc1)N1CCCCC1. The van der Waals surface area contributed by atoms with Crippen LogP contribution in [0.3, 0.4) is 0 Å². The summed E-state index contributed by atoms with van der Waals surface area (Å²) in [6.45, 7) is 6.10. The highest BCUT2D eigenvalue weighted by molar-refractivity contribution is 7.89. The highest BCUT2D eigenvalue weighted by atomic mass is 32.2. The molecule has 26 heavy (non-hydrogen) atoms. The van der Waals surface area contributed by atoms with Gasteiger partial charge < -0.3 is 5.32 Å². The summed E-state index contributed by atoms with van der Waals surface area (Å²) in [5, 5.41) is 2.97. The van der Waals surface area contributed by atoms with E-state index in [2.05, 4.69) is 17.1 Å². The van der Waals surface area contributed by atoms with Crippen LogP contribution in [0.25, 0.3) is 0 Å².